The molecule has 1 fully saturated rings. The van der Waals surface area contributed by atoms with E-state index in [0.717, 1.165) is 26.1 Å². The lowest BCUT2D eigenvalue weighted by Gasteiger charge is -2.18. The molecule has 1 aromatic carbocycles. The summed E-state index contributed by atoms with van der Waals surface area (Å²) in [6.07, 6.45) is 1.01. The quantitative estimate of drug-likeness (QED) is 0.894. The predicted molar refractivity (Wildman–Crippen MR) is 92.8 cm³/mol. The summed E-state index contributed by atoms with van der Waals surface area (Å²) in [4.78, 5) is 15.9. The molecule has 1 saturated heterocycles. The summed E-state index contributed by atoms with van der Waals surface area (Å²) in [5, 5.41) is 14.3. The smallest absolute Gasteiger partial charge is 0.343 e. The first-order chi connectivity index (χ1) is 11.5. The van der Waals surface area contributed by atoms with E-state index in [0.29, 0.717) is 22.3 Å². The Hall–Kier alpha value is -2.05. The van der Waals surface area contributed by atoms with Gasteiger partial charge in [-0.05, 0) is 50.7 Å². The van der Waals surface area contributed by atoms with Crippen molar-refractivity contribution in [2.24, 2.45) is 5.92 Å². The number of carboxylic acid groups (broad SMARTS) is 1. The first kappa shape index (κ1) is 16.8. The van der Waals surface area contributed by atoms with E-state index in [-0.39, 0.29) is 11.3 Å². The minimum atomic E-state index is -1.03. The molecule has 0 aliphatic carbocycles. The van der Waals surface area contributed by atoms with Crippen LogP contribution in [0.4, 0.5) is 5.82 Å². The Morgan fingerprint density at radius 1 is 1.42 bits per heavy atom. The Morgan fingerprint density at radius 2 is 2.12 bits per heavy atom. The lowest BCUT2D eigenvalue weighted by atomic mass is 10.1. The first-order valence-electron chi connectivity index (χ1n) is 7.84. The number of carboxylic acids is 1. The fourth-order valence-corrected chi connectivity index (χ4v) is 3.31. The Balaban J connectivity index is 1.90. The van der Waals surface area contributed by atoms with Crippen LogP contribution >= 0.6 is 11.6 Å². The number of nitrogens with zero attached hydrogens (tertiary/aromatic N) is 3. The highest BCUT2D eigenvalue weighted by Crippen LogP contribution is 2.34. The molecule has 2 aromatic rings. The summed E-state index contributed by atoms with van der Waals surface area (Å²) in [7, 11) is 4.08. The molecule has 1 aliphatic heterocycles. The van der Waals surface area contributed by atoms with E-state index < -0.39 is 5.97 Å². The fraction of sp³-hybridized carbons (Fsp3) is 0.412. The van der Waals surface area contributed by atoms with Crippen molar-refractivity contribution in [1.82, 2.24) is 10.1 Å². The Kier molecular flexibility index (Phi) is 4.78. The van der Waals surface area contributed by atoms with Gasteiger partial charge in [-0.1, -0.05) is 16.8 Å². The molecule has 24 heavy (non-hydrogen) atoms. The molecule has 6 nitrogen and oxygen atoms in total. The summed E-state index contributed by atoms with van der Waals surface area (Å²) in [6.45, 7) is 2.54. The third-order valence-electron chi connectivity index (χ3n) is 4.20. The topological polar surface area (TPSA) is 69.8 Å². The second-order valence-corrected chi connectivity index (χ2v) is 6.82. The Labute approximate surface area is 145 Å². The molecule has 1 aliphatic rings. The van der Waals surface area contributed by atoms with Gasteiger partial charge in [0.25, 0.3) is 0 Å². The molecule has 7 heteroatoms. The van der Waals surface area contributed by atoms with Crippen molar-refractivity contribution in [2.75, 3.05) is 38.6 Å². The minimum Gasteiger partial charge on any atom is -0.477 e. The number of aromatic nitrogens is 1. The highest BCUT2D eigenvalue weighted by molar-refractivity contribution is 6.30. The molecule has 1 unspecified atom stereocenters. The van der Waals surface area contributed by atoms with Crippen LogP contribution < -0.4 is 4.90 Å². The molecule has 1 aromatic heterocycles. The van der Waals surface area contributed by atoms with Crippen molar-refractivity contribution in [2.45, 2.75) is 6.42 Å². The third-order valence-corrected chi connectivity index (χ3v) is 4.46. The van der Waals surface area contributed by atoms with Gasteiger partial charge in [-0.2, -0.15) is 0 Å². The lowest BCUT2D eigenvalue weighted by molar-refractivity contribution is 0.0698. The molecule has 1 atom stereocenters. The highest BCUT2D eigenvalue weighted by Gasteiger charge is 2.32. The summed E-state index contributed by atoms with van der Waals surface area (Å²) >= 11 is 5.89. The van der Waals surface area contributed by atoms with E-state index in [2.05, 4.69) is 10.1 Å². The van der Waals surface area contributed by atoms with Gasteiger partial charge in [0, 0.05) is 30.2 Å². The zero-order chi connectivity index (χ0) is 17.3. The zero-order valence-corrected chi connectivity index (χ0v) is 14.5. The van der Waals surface area contributed by atoms with E-state index in [1.54, 1.807) is 24.3 Å². The van der Waals surface area contributed by atoms with E-state index in [1.165, 1.54) is 0 Å². The maximum atomic E-state index is 11.8. The molecule has 0 amide bonds. The number of anilines is 1. The number of rotatable bonds is 5. The average Bonchev–Trinajstić information content (AvgIpc) is 3.13. The molecule has 3 rings (SSSR count). The van der Waals surface area contributed by atoms with Gasteiger partial charge in [-0.3, -0.25) is 0 Å². The van der Waals surface area contributed by atoms with Crippen molar-refractivity contribution < 1.29 is 14.4 Å². The van der Waals surface area contributed by atoms with Crippen molar-refractivity contribution in [1.29, 1.82) is 0 Å². The van der Waals surface area contributed by atoms with Gasteiger partial charge in [0.1, 0.15) is 0 Å². The number of hydrogen-bond acceptors (Lipinski definition) is 5. The third kappa shape index (κ3) is 3.39. The first-order valence-corrected chi connectivity index (χ1v) is 8.22. The normalized spacial score (nSPS) is 17.7. The van der Waals surface area contributed by atoms with Crippen LogP contribution in [0.2, 0.25) is 5.02 Å². The van der Waals surface area contributed by atoms with E-state index >= 15 is 0 Å². The van der Waals surface area contributed by atoms with Gasteiger partial charge in [-0.15, -0.1) is 0 Å². The van der Waals surface area contributed by atoms with Crippen molar-refractivity contribution in [3.8, 4) is 11.3 Å². The summed E-state index contributed by atoms with van der Waals surface area (Å²) < 4.78 is 5.39. The molecule has 0 bridgehead atoms. The average molecular weight is 350 g/mol. The molecular weight excluding hydrogens is 330 g/mol. The van der Waals surface area contributed by atoms with Crippen LogP contribution in [0, 0.1) is 5.92 Å². The number of benzene rings is 1. The predicted octanol–water partition coefficient (Wildman–Crippen LogP) is 3.08. The second-order valence-electron chi connectivity index (χ2n) is 6.39. The molecule has 1 N–H and O–H groups in total. The largest absolute Gasteiger partial charge is 0.477 e. The van der Waals surface area contributed by atoms with Crippen LogP contribution in [0.15, 0.2) is 28.8 Å². The maximum Gasteiger partial charge on any atom is 0.343 e. The van der Waals surface area contributed by atoms with Crippen LogP contribution in [0.1, 0.15) is 16.8 Å². The minimum absolute atomic E-state index is 0.114. The summed E-state index contributed by atoms with van der Waals surface area (Å²) in [5.74, 6) is 0.142. The van der Waals surface area contributed by atoms with Crippen LogP contribution in [-0.2, 0) is 0 Å². The second kappa shape index (κ2) is 6.83. The van der Waals surface area contributed by atoms with Gasteiger partial charge in [0.05, 0.1) is 0 Å². The Bertz CT molecular complexity index is 727. The van der Waals surface area contributed by atoms with Gasteiger partial charge >= 0.3 is 5.97 Å². The van der Waals surface area contributed by atoms with Crippen molar-refractivity contribution in [3.63, 3.8) is 0 Å². The van der Waals surface area contributed by atoms with E-state index in [1.807, 2.05) is 19.0 Å². The van der Waals surface area contributed by atoms with E-state index in [9.17, 15) is 9.90 Å². The molecule has 2 heterocycles. The van der Waals surface area contributed by atoms with Gasteiger partial charge in [-0.25, -0.2) is 4.79 Å². The zero-order valence-electron chi connectivity index (χ0n) is 13.7. The number of aromatic carboxylic acids is 1. The monoisotopic (exact) mass is 349 g/mol. The van der Waals surface area contributed by atoms with Crippen molar-refractivity contribution >= 4 is 23.4 Å². The maximum absolute atomic E-state index is 11.8. The molecule has 0 saturated carbocycles. The SMILES string of the molecule is CN(C)CC1CCN(c2noc(-c3ccc(Cl)cc3)c2C(=O)O)C1. The van der Waals surface area contributed by atoms with Crippen LogP contribution in [0.25, 0.3) is 11.3 Å². The summed E-state index contributed by atoms with van der Waals surface area (Å²) in [6, 6.07) is 6.87. The van der Waals surface area contributed by atoms with Crippen LogP contribution in [-0.4, -0.2) is 54.9 Å². The molecule has 0 spiro atoms. The van der Waals surface area contributed by atoms with Gasteiger partial charge in [0.2, 0.25) is 0 Å². The number of hydrogen-bond donors (Lipinski definition) is 1. The molecule has 128 valence electrons. The fourth-order valence-electron chi connectivity index (χ4n) is 3.18. The van der Waals surface area contributed by atoms with Gasteiger partial charge < -0.3 is 19.4 Å². The van der Waals surface area contributed by atoms with Crippen LogP contribution in [0.3, 0.4) is 0 Å². The van der Waals surface area contributed by atoms with Crippen LogP contribution in [0.5, 0.6) is 0 Å². The number of halogens is 1. The van der Waals surface area contributed by atoms with Gasteiger partial charge in [0.15, 0.2) is 17.1 Å². The standard InChI is InChI=1S/C17H20ClN3O3/c1-20(2)9-11-7-8-21(10-11)16-14(17(22)23)15(24-19-16)12-3-5-13(18)6-4-12/h3-6,11H,7-10H2,1-2H3,(H,22,23). The summed E-state index contributed by atoms with van der Waals surface area (Å²) in [5.41, 5.74) is 0.766. The molecular formula is C17H20ClN3O3. The lowest BCUT2D eigenvalue weighted by Crippen LogP contribution is -2.26. The molecule has 0 radical (unpaired) electrons. The highest BCUT2D eigenvalue weighted by atomic mass is 35.5. The van der Waals surface area contributed by atoms with Crippen molar-refractivity contribution in [3.05, 3.63) is 34.9 Å². The number of carbonyl (C=O) groups is 1. The Morgan fingerprint density at radius 3 is 2.75 bits per heavy atom. The van der Waals surface area contributed by atoms with E-state index in [4.69, 9.17) is 16.1 Å².